The van der Waals surface area contributed by atoms with Crippen molar-refractivity contribution in [2.24, 2.45) is 5.92 Å². The maximum atomic E-state index is 11.5. The highest BCUT2D eigenvalue weighted by Crippen LogP contribution is 2.25. The van der Waals surface area contributed by atoms with Crippen LogP contribution < -0.4 is 5.32 Å². The van der Waals surface area contributed by atoms with Gasteiger partial charge in [-0.2, -0.15) is 0 Å². The van der Waals surface area contributed by atoms with E-state index in [1.165, 1.54) is 77.3 Å². The van der Waals surface area contributed by atoms with E-state index in [9.17, 15) is 4.79 Å². The average molecular weight is 344 g/mol. The molecule has 0 aromatic heterocycles. The van der Waals surface area contributed by atoms with Crippen molar-refractivity contribution in [2.75, 3.05) is 26.7 Å². The number of likely N-dealkylation sites (tertiary alicyclic amines) is 1. The first-order valence-corrected chi connectivity index (χ1v) is 9.87. The van der Waals surface area contributed by atoms with Crippen LogP contribution in [0.5, 0.6) is 0 Å². The minimum absolute atomic E-state index is 0.273. The molecule has 1 saturated carbocycles. The third-order valence-electron chi connectivity index (χ3n) is 5.72. The Labute approximate surface area is 151 Å². The molecule has 0 amide bonds. The zero-order chi connectivity index (χ0) is 17.5. The summed E-state index contributed by atoms with van der Waals surface area (Å²) in [5.41, 5.74) is 1.83. The minimum atomic E-state index is -0.273. The van der Waals surface area contributed by atoms with Crippen LogP contribution in [-0.2, 0) is 11.3 Å². The van der Waals surface area contributed by atoms with E-state index in [0.29, 0.717) is 11.6 Å². The van der Waals surface area contributed by atoms with Crippen LogP contribution in [-0.4, -0.2) is 43.7 Å². The van der Waals surface area contributed by atoms with E-state index < -0.39 is 0 Å². The van der Waals surface area contributed by atoms with Crippen LogP contribution in [0.2, 0.25) is 0 Å². The van der Waals surface area contributed by atoms with E-state index in [-0.39, 0.29) is 5.97 Å². The fourth-order valence-corrected chi connectivity index (χ4v) is 4.26. The van der Waals surface area contributed by atoms with Crippen LogP contribution in [0.1, 0.15) is 60.9 Å². The highest BCUT2D eigenvalue weighted by Gasteiger charge is 2.23. The van der Waals surface area contributed by atoms with Crippen molar-refractivity contribution in [3.8, 4) is 0 Å². The van der Waals surface area contributed by atoms with Crippen LogP contribution in [0.15, 0.2) is 24.3 Å². The molecule has 1 heterocycles. The molecule has 0 unspecified atom stereocenters. The number of benzene rings is 1. The van der Waals surface area contributed by atoms with Crippen LogP contribution >= 0.6 is 0 Å². The molecule has 138 valence electrons. The lowest BCUT2D eigenvalue weighted by Gasteiger charge is -2.36. The molecular formula is C21H32N2O2. The van der Waals surface area contributed by atoms with Gasteiger partial charge in [-0.25, -0.2) is 4.79 Å². The number of carbonyl (C=O) groups is 1. The van der Waals surface area contributed by atoms with Gasteiger partial charge in [-0.3, -0.25) is 0 Å². The van der Waals surface area contributed by atoms with Gasteiger partial charge in [0.2, 0.25) is 0 Å². The summed E-state index contributed by atoms with van der Waals surface area (Å²) in [7, 11) is 1.42. The van der Waals surface area contributed by atoms with Gasteiger partial charge in [0.15, 0.2) is 0 Å². The molecule has 0 radical (unpaired) electrons. The normalized spacial score (nSPS) is 22.7. The monoisotopic (exact) mass is 344 g/mol. The van der Waals surface area contributed by atoms with Crippen LogP contribution in [0.4, 0.5) is 0 Å². The first kappa shape index (κ1) is 18.4. The summed E-state index contributed by atoms with van der Waals surface area (Å²) in [5.74, 6) is 0.656. The Kier molecular flexibility index (Phi) is 6.88. The number of ether oxygens (including phenoxy) is 1. The van der Waals surface area contributed by atoms with E-state index in [0.717, 1.165) is 12.5 Å². The average Bonchev–Trinajstić information content (AvgIpc) is 2.67. The number of piperidine rings is 1. The van der Waals surface area contributed by atoms with Crippen molar-refractivity contribution in [3.63, 3.8) is 0 Å². The number of rotatable bonds is 6. The predicted molar refractivity (Wildman–Crippen MR) is 101 cm³/mol. The molecule has 1 aromatic carbocycles. The second-order valence-corrected chi connectivity index (χ2v) is 7.67. The van der Waals surface area contributed by atoms with Gasteiger partial charge >= 0.3 is 5.97 Å². The van der Waals surface area contributed by atoms with Gasteiger partial charge in [0.05, 0.1) is 12.7 Å². The van der Waals surface area contributed by atoms with Gasteiger partial charge in [0.25, 0.3) is 0 Å². The summed E-state index contributed by atoms with van der Waals surface area (Å²) in [6.07, 6.45) is 9.73. The van der Waals surface area contributed by atoms with Gasteiger partial charge in [-0.1, -0.05) is 31.4 Å². The summed E-state index contributed by atoms with van der Waals surface area (Å²) in [4.78, 5) is 14.2. The molecule has 2 fully saturated rings. The third-order valence-corrected chi connectivity index (χ3v) is 5.72. The summed E-state index contributed by atoms with van der Waals surface area (Å²) < 4.78 is 4.75. The number of methoxy groups -OCH3 is 1. The topological polar surface area (TPSA) is 41.6 Å². The van der Waals surface area contributed by atoms with Gasteiger partial charge in [0.1, 0.15) is 0 Å². The van der Waals surface area contributed by atoms with Crippen LogP contribution in [0, 0.1) is 5.92 Å². The molecule has 0 spiro atoms. The Balaban J connectivity index is 1.43. The number of hydrogen-bond donors (Lipinski definition) is 1. The third kappa shape index (κ3) is 5.55. The quantitative estimate of drug-likeness (QED) is 0.801. The molecular weight excluding hydrogens is 312 g/mol. The Hall–Kier alpha value is -1.39. The first-order valence-electron chi connectivity index (χ1n) is 9.87. The molecule has 1 aliphatic heterocycles. The number of nitrogens with one attached hydrogen (secondary N) is 1. The van der Waals surface area contributed by atoms with Crippen LogP contribution in [0.25, 0.3) is 0 Å². The minimum Gasteiger partial charge on any atom is -0.465 e. The Morgan fingerprint density at radius 2 is 1.88 bits per heavy atom. The fourth-order valence-electron chi connectivity index (χ4n) is 4.26. The predicted octanol–water partition coefficient (Wildman–Crippen LogP) is 3.61. The van der Waals surface area contributed by atoms with Gasteiger partial charge in [-0.15, -0.1) is 0 Å². The molecule has 1 aromatic rings. The highest BCUT2D eigenvalue weighted by atomic mass is 16.5. The lowest BCUT2D eigenvalue weighted by Crippen LogP contribution is -2.47. The Morgan fingerprint density at radius 3 is 2.60 bits per heavy atom. The van der Waals surface area contributed by atoms with Crippen molar-refractivity contribution < 1.29 is 9.53 Å². The molecule has 0 bridgehead atoms. The van der Waals surface area contributed by atoms with Gasteiger partial charge in [-0.05, 0) is 55.8 Å². The van der Waals surface area contributed by atoms with Gasteiger partial charge < -0.3 is 15.0 Å². The largest absolute Gasteiger partial charge is 0.465 e. The van der Waals surface area contributed by atoms with E-state index in [1.54, 1.807) is 0 Å². The second kappa shape index (κ2) is 9.35. The number of nitrogens with zero attached hydrogens (tertiary/aromatic N) is 1. The van der Waals surface area contributed by atoms with Crippen LogP contribution in [0.3, 0.4) is 0 Å². The Bertz CT molecular complexity index is 537. The standard InChI is InChI=1S/C21H32N2O2/c1-25-21(24)19-11-9-17(10-12-19)14-22-20-8-5-13-23(16-20)15-18-6-3-2-4-7-18/h9-12,18,20,22H,2-8,13-16H2,1H3/t20-/m0/s1. The second-order valence-electron chi connectivity index (χ2n) is 7.67. The van der Waals surface area contributed by atoms with E-state index in [2.05, 4.69) is 10.2 Å². The van der Waals surface area contributed by atoms with Crippen molar-refractivity contribution in [3.05, 3.63) is 35.4 Å². The summed E-state index contributed by atoms with van der Waals surface area (Å²) in [6.45, 7) is 4.61. The smallest absolute Gasteiger partial charge is 0.337 e. The molecule has 4 heteroatoms. The highest BCUT2D eigenvalue weighted by molar-refractivity contribution is 5.89. The fraction of sp³-hybridized carbons (Fsp3) is 0.667. The zero-order valence-corrected chi connectivity index (χ0v) is 15.5. The lowest BCUT2D eigenvalue weighted by molar-refractivity contribution is 0.0600. The molecule has 1 saturated heterocycles. The van der Waals surface area contributed by atoms with E-state index >= 15 is 0 Å². The zero-order valence-electron chi connectivity index (χ0n) is 15.5. The number of esters is 1. The molecule has 1 aliphatic carbocycles. The van der Waals surface area contributed by atoms with Crippen molar-refractivity contribution >= 4 is 5.97 Å². The summed E-state index contributed by atoms with van der Waals surface area (Å²) in [5, 5.41) is 3.71. The molecule has 1 atom stereocenters. The van der Waals surface area contributed by atoms with Gasteiger partial charge in [0, 0.05) is 25.7 Å². The van der Waals surface area contributed by atoms with E-state index in [4.69, 9.17) is 4.74 Å². The molecule has 25 heavy (non-hydrogen) atoms. The maximum Gasteiger partial charge on any atom is 0.337 e. The van der Waals surface area contributed by atoms with Crippen molar-refractivity contribution in [1.29, 1.82) is 0 Å². The summed E-state index contributed by atoms with van der Waals surface area (Å²) in [6, 6.07) is 8.31. The van der Waals surface area contributed by atoms with Crippen molar-refractivity contribution in [1.82, 2.24) is 10.2 Å². The molecule has 2 aliphatic rings. The number of hydrogen-bond acceptors (Lipinski definition) is 4. The van der Waals surface area contributed by atoms with E-state index in [1.807, 2.05) is 24.3 Å². The Morgan fingerprint density at radius 1 is 1.12 bits per heavy atom. The molecule has 3 rings (SSSR count). The first-order chi connectivity index (χ1) is 12.2. The number of carbonyl (C=O) groups excluding carboxylic acids is 1. The maximum absolute atomic E-state index is 11.5. The molecule has 1 N–H and O–H groups in total. The van der Waals surface area contributed by atoms with Crippen molar-refractivity contribution in [2.45, 2.75) is 57.5 Å². The summed E-state index contributed by atoms with van der Waals surface area (Å²) >= 11 is 0. The molecule has 4 nitrogen and oxygen atoms in total. The lowest BCUT2D eigenvalue weighted by atomic mass is 9.88. The SMILES string of the molecule is COC(=O)c1ccc(CN[C@H]2CCCN(CC3CCCCC3)C2)cc1.